The molecular weight excluding hydrogens is 355 g/mol. The normalized spacial score (nSPS) is 20.3. The number of benzene rings is 1. The number of aryl methyl sites for hydroxylation is 2. The van der Waals surface area contributed by atoms with E-state index in [0.717, 1.165) is 10.6 Å². The molecule has 1 aromatic heterocycles. The number of methoxy groups -OCH3 is 1. The van der Waals surface area contributed by atoms with Crippen molar-refractivity contribution in [1.29, 1.82) is 0 Å². The maximum Gasteiger partial charge on any atom is 0.220 e. The number of aliphatic hydroxyl groups is 1. The molecule has 1 amide bonds. The van der Waals surface area contributed by atoms with E-state index >= 15 is 0 Å². The number of rotatable bonds is 7. The van der Waals surface area contributed by atoms with Gasteiger partial charge in [0.05, 0.1) is 30.5 Å². The average Bonchev–Trinajstić information content (AvgIpc) is 3.00. The van der Waals surface area contributed by atoms with Gasteiger partial charge in [-0.25, -0.2) is 9.37 Å². The van der Waals surface area contributed by atoms with Gasteiger partial charge >= 0.3 is 0 Å². The van der Waals surface area contributed by atoms with Crippen LogP contribution in [0.1, 0.15) is 41.4 Å². The molecule has 7 heteroatoms. The number of halogens is 1. The lowest BCUT2D eigenvalue weighted by Gasteiger charge is -2.38. The van der Waals surface area contributed by atoms with Crippen molar-refractivity contribution in [3.63, 3.8) is 0 Å². The van der Waals surface area contributed by atoms with E-state index in [9.17, 15) is 14.3 Å². The first-order valence-corrected chi connectivity index (χ1v) is 9.55. The number of aromatic nitrogens is 1. The van der Waals surface area contributed by atoms with E-state index in [0.29, 0.717) is 37.0 Å². The molecule has 0 unspecified atom stereocenters. The predicted molar refractivity (Wildman–Crippen MR) is 97.7 cm³/mol. The van der Waals surface area contributed by atoms with Crippen molar-refractivity contribution in [1.82, 2.24) is 10.3 Å². The number of hydrogen-bond donors (Lipinski definition) is 2. The summed E-state index contributed by atoms with van der Waals surface area (Å²) >= 11 is 1.54. The number of carbonyl (C=O) groups is 1. The van der Waals surface area contributed by atoms with Gasteiger partial charge in [-0.05, 0) is 50.3 Å². The van der Waals surface area contributed by atoms with Gasteiger partial charge in [-0.3, -0.25) is 4.79 Å². The second kappa shape index (κ2) is 8.14. The standard InChI is InChI=1S/C19H23FN2O3S/c1-11-17(26-10-21-11)5-6-18(24)22-19(12-7-14(23)8-12)15-9-13(20)3-4-16(15)25-2/h3-4,9-10,12,14,19,23H,5-8H2,1-2H3,(H,22,24)/t12?,14?,19-/m0/s1. The predicted octanol–water partition coefficient (Wildman–Crippen LogP) is 3.16. The van der Waals surface area contributed by atoms with Crippen molar-refractivity contribution in [2.24, 2.45) is 5.92 Å². The first-order valence-electron chi connectivity index (χ1n) is 8.67. The van der Waals surface area contributed by atoms with Crippen LogP contribution in [0.5, 0.6) is 5.75 Å². The van der Waals surface area contributed by atoms with Crippen LogP contribution in [0.15, 0.2) is 23.7 Å². The van der Waals surface area contributed by atoms with Crippen molar-refractivity contribution in [3.05, 3.63) is 45.7 Å². The zero-order valence-corrected chi connectivity index (χ0v) is 15.7. The zero-order chi connectivity index (χ0) is 18.7. The molecule has 1 aromatic carbocycles. The summed E-state index contributed by atoms with van der Waals surface area (Å²) < 4.78 is 19.2. The lowest BCUT2D eigenvalue weighted by Crippen LogP contribution is -2.41. The van der Waals surface area contributed by atoms with Crippen LogP contribution >= 0.6 is 11.3 Å². The zero-order valence-electron chi connectivity index (χ0n) is 14.9. The maximum atomic E-state index is 13.8. The summed E-state index contributed by atoms with van der Waals surface area (Å²) in [5, 5.41) is 12.7. The van der Waals surface area contributed by atoms with Gasteiger partial charge in [0.2, 0.25) is 5.91 Å². The molecule has 0 spiro atoms. The fraction of sp³-hybridized carbons (Fsp3) is 0.474. The molecule has 2 aromatic rings. The van der Waals surface area contributed by atoms with Crippen LogP contribution in [0.2, 0.25) is 0 Å². The molecule has 26 heavy (non-hydrogen) atoms. The highest BCUT2D eigenvalue weighted by atomic mass is 32.1. The summed E-state index contributed by atoms with van der Waals surface area (Å²) in [7, 11) is 1.53. The number of nitrogens with zero attached hydrogens (tertiary/aromatic N) is 1. The minimum Gasteiger partial charge on any atom is -0.496 e. The third kappa shape index (κ3) is 4.22. The molecule has 1 aliphatic rings. The maximum absolute atomic E-state index is 13.8. The van der Waals surface area contributed by atoms with E-state index in [-0.39, 0.29) is 29.8 Å². The van der Waals surface area contributed by atoms with Gasteiger partial charge in [-0.1, -0.05) is 0 Å². The van der Waals surface area contributed by atoms with E-state index < -0.39 is 0 Å². The number of carbonyl (C=O) groups excluding carboxylic acids is 1. The molecule has 3 rings (SSSR count). The van der Waals surface area contributed by atoms with Gasteiger partial charge in [-0.15, -0.1) is 11.3 Å². The molecule has 0 saturated heterocycles. The molecular formula is C19H23FN2O3S. The van der Waals surface area contributed by atoms with Crippen LogP contribution in [-0.4, -0.2) is 29.2 Å². The Morgan fingerprint density at radius 3 is 2.88 bits per heavy atom. The Morgan fingerprint density at radius 1 is 1.50 bits per heavy atom. The summed E-state index contributed by atoms with van der Waals surface area (Å²) in [6.07, 6.45) is 1.77. The van der Waals surface area contributed by atoms with Gasteiger partial charge in [-0.2, -0.15) is 0 Å². The van der Waals surface area contributed by atoms with Crippen LogP contribution in [0, 0.1) is 18.7 Å². The Balaban J connectivity index is 1.73. The van der Waals surface area contributed by atoms with Crippen LogP contribution in [0.3, 0.4) is 0 Å². The first-order chi connectivity index (χ1) is 12.5. The van der Waals surface area contributed by atoms with E-state index in [1.165, 1.54) is 19.2 Å². The molecule has 0 aliphatic heterocycles. The number of ether oxygens (including phenoxy) is 1. The molecule has 2 N–H and O–H groups in total. The largest absolute Gasteiger partial charge is 0.496 e. The number of hydrogen-bond acceptors (Lipinski definition) is 5. The summed E-state index contributed by atoms with van der Waals surface area (Å²) in [4.78, 5) is 17.8. The topological polar surface area (TPSA) is 71.5 Å². The lowest BCUT2D eigenvalue weighted by molar-refractivity contribution is -0.123. The fourth-order valence-corrected chi connectivity index (χ4v) is 4.12. The summed E-state index contributed by atoms with van der Waals surface area (Å²) in [6, 6.07) is 3.93. The molecule has 0 radical (unpaired) electrons. The number of amides is 1. The van der Waals surface area contributed by atoms with Crippen LogP contribution in [-0.2, 0) is 11.2 Å². The van der Waals surface area contributed by atoms with Crippen LogP contribution in [0.4, 0.5) is 4.39 Å². The molecule has 5 nitrogen and oxygen atoms in total. The quantitative estimate of drug-likeness (QED) is 0.776. The highest BCUT2D eigenvalue weighted by Gasteiger charge is 2.37. The van der Waals surface area contributed by atoms with Crippen molar-refractivity contribution >= 4 is 17.2 Å². The van der Waals surface area contributed by atoms with Crippen molar-refractivity contribution in [3.8, 4) is 5.75 Å². The van der Waals surface area contributed by atoms with Crippen LogP contribution in [0.25, 0.3) is 0 Å². The fourth-order valence-electron chi connectivity index (χ4n) is 3.34. The Labute approximate surface area is 156 Å². The number of nitrogens with one attached hydrogen (secondary N) is 1. The second-order valence-corrected chi connectivity index (χ2v) is 7.62. The molecule has 1 saturated carbocycles. The van der Waals surface area contributed by atoms with Gasteiger partial charge in [0.15, 0.2) is 0 Å². The Morgan fingerprint density at radius 2 is 2.27 bits per heavy atom. The third-order valence-corrected chi connectivity index (χ3v) is 5.88. The molecule has 140 valence electrons. The summed E-state index contributed by atoms with van der Waals surface area (Å²) in [5.41, 5.74) is 3.35. The van der Waals surface area contributed by atoms with Crippen molar-refractivity contribution < 1.29 is 19.0 Å². The molecule has 1 fully saturated rings. The van der Waals surface area contributed by atoms with Crippen molar-refractivity contribution in [2.75, 3.05) is 7.11 Å². The molecule has 1 atom stereocenters. The summed E-state index contributed by atoms with van der Waals surface area (Å²) in [5.74, 6) is 0.127. The lowest BCUT2D eigenvalue weighted by atomic mass is 9.74. The van der Waals surface area contributed by atoms with Gasteiger partial charge in [0.25, 0.3) is 0 Å². The SMILES string of the molecule is COc1ccc(F)cc1[C@@H](NC(=O)CCc1scnc1C)C1CC(O)C1. The van der Waals surface area contributed by atoms with Crippen LogP contribution < -0.4 is 10.1 Å². The van der Waals surface area contributed by atoms with Gasteiger partial charge in [0, 0.05) is 16.9 Å². The molecule has 0 bridgehead atoms. The Hall–Kier alpha value is -1.99. The molecule has 1 aliphatic carbocycles. The number of thiazole rings is 1. The number of aliphatic hydroxyl groups excluding tert-OH is 1. The van der Waals surface area contributed by atoms with E-state index in [2.05, 4.69) is 10.3 Å². The van der Waals surface area contributed by atoms with E-state index in [1.54, 1.807) is 22.9 Å². The monoisotopic (exact) mass is 378 g/mol. The third-order valence-electron chi connectivity index (χ3n) is 4.89. The van der Waals surface area contributed by atoms with Crippen molar-refractivity contribution in [2.45, 2.75) is 44.8 Å². The highest BCUT2D eigenvalue weighted by Crippen LogP contribution is 2.41. The first kappa shape index (κ1) is 18.8. The Bertz CT molecular complexity index is 774. The minimum atomic E-state index is -0.376. The second-order valence-electron chi connectivity index (χ2n) is 6.68. The van der Waals surface area contributed by atoms with E-state index in [1.807, 2.05) is 6.92 Å². The summed E-state index contributed by atoms with van der Waals surface area (Å²) in [6.45, 7) is 1.93. The minimum absolute atomic E-state index is 0.0646. The van der Waals surface area contributed by atoms with Gasteiger partial charge in [0.1, 0.15) is 11.6 Å². The Kier molecular flexibility index (Phi) is 5.88. The highest BCUT2D eigenvalue weighted by molar-refractivity contribution is 7.09. The molecule has 1 heterocycles. The smallest absolute Gasteiger partial charge is 0.220 e. The van der Waals surface area contributed by atoms with Gasteiger partial charge < -0.3 is 15.2 Å². The van der Waals surface area contributed by atoms with E-state index in [4.69, 9.17) is 4.74 Å². The average molecular weight is 378 g/mol.